The molecular formula is C23H28N4O3. The summed E-state index contributed by atoms with van der Waals surface area (Å²) in [5.41, 5.74) is 3.02. The Morgan fingerprint density at radius 2 is 2.03 bits per heavy atom. The van der Waals surface area contributed by atoms with Gasteiger partial charge >= 0.3 is 0 Å². The topological polar surface area (TPSA) is 74.6 Å². The van der Waals surface area contributed by atoms with Crippen LogP contribution in [-0.2, 0) is 11.3 Å². The van der Waals surface area contributed by atoms with Crippen LogP contribution in [0.5, 0.6) is 0 Å². The maximum Gasteiger partial charge on any atom is 0.290 e. The van der Waals surface area contributed by atoms with Crippen molar-refractivity contribution in [3.8, 4) is 0 Å². The zero-order chi connectivity index (χ0) is 20.5. The number of ether oxygens (including phenoxy) is 1. The number of rotatable bonds is 4. The van der Waals surface area contributed by atoms with E-state index in [0.717, 1.165) is 86.8 Å². The molecule has 1 atom stereocenters. The van der Waals surface area contributed by atoms with Crippen LogP contribution in [0, 0.1) is 6.92 Å². The highest BCUT2D eigenvalue weighted by atomic mass is 16.5. The number of imidazole rings is 1. The molecule has 30 heavy (non-hydrogen) atoms. The third-order valence-corrected chi connectivity index (χ3v) is 6.22. The lowest BCUT2D eigenvalue weighted by atomic mass is 10.0. The van der Waals surface area contributed by atoms with Gasteiger partial charge in [-0.15, -0.1) is 0 Å². The Kier molecular flexibility index (Phi) is 5.31. The molecule has 2 fully saturated rings. The number of fused-ring (bicyclic) bond motifs is 1. The molecule has 4 heterocycles. The SMILES string of the molecule is Cc1oc(C(=O)N2CCCC[C@@H]2c2nc3ccccc3[nH]2)cc1CN1CCOCC1. The number of benzene rings is 1. The number of H-pyrrole nitrogens is 1. The van der Waals surface area contributed by atoms with Crippen LogP contribution in [0.15, 0.2) is 34.7 Å². The molecule has 5 rings (SSSR count). The van der Waals surface area contributed by atoms with Gasteiger partial charge in [-0.25, -0.2) is 4.98 Å². The number of amides is 1. The summed E-state index contributed by atoms with van der Waals surface area (Å²) in [4.78, 5) is 25.9. The molecule has 158 valence electrons. The summed E-state index contributed by atoms with van der Waals surface area (Å²) in [5.74, 6) is 2.07. The van der Waals surface area contributed by atoms with Gasteiger partial charge < -0.3 is 19.0 Å². The van der Waals surface area contributed by atoms with Crippen LogP contribution >= 0.6 is 0 Å². The van der Waals surface area contributed by atoms with Crippen LogP contribution in [0.4, 0.5) is 0 Å². The second kappa shape index (κ2) is 8.24. The lowest BCUT2D eigenvalue weighted by Gasteiger charge is -2.33. The molecule has 7 nitrogen and oxygen atoms in total. The van der Waals surface area contributed by atoms with Crippen LogP contribution in [0.3, 0.4) is 0 Å². The number of furan rings is 1. The fourth-order valence-electron chi connectivity index (χ4n) is 4.51. The van der Waals surface area contributed by atoms with E-state index < -0.39 is 0 Å². The number of para-hydroxylation sites is 2. The Bertz CT molecular complexity index is 1000. The smallest absolute Gasteiger partial charge is 0.290 e. The van der Waals surface area contributed by atoms with Gasteiger partial charge in [0.1, 0.15) is 11.6 Å². The molecule has 0 saturated carbocycles. The Morgan fingerprint density at radius 3 is 2.87 bits per heavy atom. The lowest BCUT2D eigenvalue weighted by Crippen LogP contribution is -2.38. The minimum Gasteiger partial charge on any atom is -0.456 e. The first-order chi connectivity index (χ1) is 14.7. The summed E-state index contributed by atoms with van der Waals surface area (Å²) in [6.07, 6.45) is 3.00. The Morgan fingerprint density at radius 1 is 1.20 bits per heavy atom. The first-order valence-electron chi connectivity index (χ1n) is 10.8. The molecule has 0 aliphatic carbocycles. The van der Waals surface area contributed by atoms with Crippen molar-refractivity contribution in [2.24, 2.45) is 0 Å². The van der Waals surface area contributed by atoms with E-state index in [1.54, 1.807) is 0 Å². The average Bonchev–Trinajstić information content (AvgIpc) is 3.37. The highest BCUT2D eigenvalue weighted by Crippen LogP contribution is 2.32. The number of aryl methyl sites for hydroxylation is 1. The zero-order valence-electron chi connectivity index (χ0n) is 17.4. The van der Waals surface area contributed by atoms with E-state index in [1.807, 2.05) is 42.2 Å². The molecule has 2 saturated heterocycles. The first-order valence-corrected chi connectivity index (χ1v) is 10.8. The van der Waals surface area contributed by atoms with Crippen LogP contribution in [-0.4, -0.2) is 58.5 Å². The molecule has 0 bridgehead atoms. The third-order valence-electron chi connectivity index (χ3n) is 6.22. The molecule has 0 spiro atoms. The number of piperidine rings is 1. The third kappa shape index (κ3) is 3.75. The van der Waals surface area contributed by atoms with E-state index in [0.29, 0.717) is 5.76 Å². The summed E-state index contributed by atoms with van der Waals surface area (Å²) in [5, 5.41) is 0. The molecule has 0 radical (unpaired) electrons. The Hall–Kier alpha value is -2.64. The van der Waals surface area contributed by atoms with Crippen molar-refractivity contribution in [3.63, 3.8) is 0 Å². The van der Waals surface area contributed by atoms with Crippen LogP contribution in [0.25, 0.3) is 11.0 Å². The van der Waals surface area contributed by atoms with Crippen LogP contribution < -0.4 is 0 Å². The van der Waals surface area contributed by atoms with Gasteiger partial charge in [-0.05, 0) is 44.4 Å². The summed E-state index contributed by atoms with van der Waals surface area (Å²) >= 11 is 0. The van der Waals surface area contributed by atoms with Crippen LogP contribution in [0.1, 0.15) is 53.0 Å². The number of aromatic nitrogens is 2. The van der Waals surface area contributed by atoms with Gasteiger partial charge in [-0.3, -0.25) is 9.69 Å². The predicted octanol–water partition coefficient (Wildman–Crippen LogP) is 3.66. The quantitative estimate of drug-likeness (QED) is 0.713. The molecule has 1 amide bonds. The van der Waals surface area contributed by atoms with E-state index in [-0.39, 0.29) is 11.9 Å². The number of likely N-dealkylation sites (tertiary alicyclic amines) is 1. The Labute approximate surface area is 176 Å². The largest absolute Gasteiger partial charge is 0.456 e. The molecule has 0 unspecified atom stereocenters. The minimum atomic E-state index is -0.0493. The van der Waals surface area contributed by atoms with E-state index in [9.17, 15) is 4.79 Å². The summed E-state index contributed by atoms with van der Waals surface area (Å²) in [6.45, 7) is 6.80. The monoisotopic (exact) mass is 408 g/mol. The van der Waals surface area contributed by atoms with Gasteiger partial charge in [0.25, 0.3) is 5.91 Å². The number of nitrogens with zero attached hydrogens (tertiary/aromatic N) is 3. The Balaban J connectivity index is 1.37. The summed E-state index contributed by atoms with van der Waals surface area (Å²) < 4.78 is 11.4. The number of carbonyl (C=O) groups excluding carboxylic acids is 1. The highest BCUT2D eigenvalue weighted by molar-refractivity contribution is 5.92. The molecule has 2 aromatic heterocycles. The van der Waals surface area contributed by atoms with Gasteiger partial charge in [-0.1, -0.05) is 12.1 Å². The molecule has 2 aliphatic rings. The normalized spacial score (nSPS) is 20.7. The van der Waals surface area contributed by atoms with Crippen molar-refractivity contribution in [3.05, 3.63) is 53.2 Å². The van der Waals surface area contributed by atoms with Crippen molar-refractivity contribution >= 4 is 16.9 Å². The van der Waals surface area contributed by atoms with Crippen molar-refractivity contribution in [1.29, 1.82) is 0 Å². The molecule has 2 aliphatic heterocycles. The number of hydrogen-bond donors (Lipinski definition) is 1. The number of hydrogen-bond acceptors (Lipinski definition) is 5. The second-order valence-corrected chi connectivity index (χ2v) is 8.23. The fraction of sp³-hybridized carbons (Fsp3) is 0.478. The number of carbonyl (C=O) groups is 1. The molecule has 1 aromatic carbocycles. The summed E-state index contributed by atoms with van der Waals surface area (Å²) in [7, 11) is 0. The summed E-state index contributed by atoms with van der Waals surface area (Å²) in [6, 6.07) is 9.88. The van der Waals surface area contributed by atoms with Crippen molar-refractivity contribution < 1.29 is 13.9 Å². The maximum absolute atomic E-state index is 13.4. The van der Waals surface area contributed by atoms with Crippen LogP contribution in [0.2, 0.25) is 0 Å². The molecular weight excluding hydrogens is 380 g/mol. The number of nitrogens with one attached hydrogen (secondary N) is 1. The lowest BCUT2D eigenvalue weighted by molar-refractivity contribution is 0.0340. The van der Waals surface area contributed by atoms with E-state index in [4.69, 9.17) is 14.1 Å². The number of aromatic amines is 1. The van der Waals surface area contributed by atoms with Gasteiger partial charge in [0.05, 0.1) is 30.3 Å². The van der Waals surface area contributed by atoms with Gasteiger partial charge in [-0.2, -0.15) is 0 Å². The van der Waals surface area contributed by atoms with Gasteiger partial charge in [0, 0.05) is 31.7 Å². The first kappa shape index (κ1) is 19.3. The van der Waals surface area contributed by atoms with Crippen molar-refractivity contribution in [2.75, 3.05) is 32.8 Å². The zero-order valence-corrected chi connectivity index (χ0v) is 17.4. The van der Waals surface area contributed by atoms with Gasteiger partial charge in [0.15, 0.2) is 5.76 Å². The molecule has 7 heteroatoms. The van der Waals surface area contributed by atoms with E-state index >= 15 is 0 Å². The van der Waals surface area contributed by atoms with Gasteiger partial charge in [0.2, 0.25) is 0 Å². The van der Waals surface area contributed by atoms with E-state index in [2.05, 4.69) is 9.88 Å². The van der Waals surface area contributed by atoms with Crippen molar-refractivity contribution in [1.82, 2.24) is 19.8 Å². The number of morpholine rings is 1. The molecule has 3 aromatic rings. The second-order valence-electron chi connectivity index (χ2n) is 8.23. The molecule has 1 N–H and O–H groups in total. The van der Waals surface area contributed by atoms with Crippen molar-refractivity contribution in [2.45, 2.75) is 38.8 Å². The maximum atomic E-state index is 13.4. The highest BCUT2D eigenvalue weighted by Gasteiger charge is 2.32. The standard InChI is InChI=1S/C23H28N4O3/c1-16-17(15-26-10-12-29-13-11-26)14-21(30-16)23(28)27-9-5-4-8-20(27)22-24-18-6-2-3-7-19(18)25-22/h2-3,6-7,14,20H,4-5,8-13,15H2,1H3,(H,24,25)/t20-/m1/s1. The minimum absolute atomic E-state index is 0.0449. The fourth-order valence-corrected chi connectivity index (χ4v) is 4.51. The predicted molar refractivity (Wildman–Crippen MR) is 113 cm³/mol. The average molecular weight is 409 g/mol. The van der Waals surface area contributed by atoms with E-state index in [1.165, 1.54) is 0 Å².